The first kappa shape index (κ1) is 21.1. The maximum Gasteiger partial charge on any atom is 0.161 e. The van der Waals surface area contributed by atoms with Crippen molar-refractivity contribution >= 4 is 5.69 Å². The number of likely N-dealkylation sites (N-methyl/N-ethyl adjacent to an activating group) is 1. The molecule has 4 heterocycles. The summed E-state index contributed by atoms with van der Waals surface area (Å²) in [6, 6.07) is 15.3. The van der Waals surface area contributed by atoms with Crippen LogP contribution in [0, 0.1) is 5.82 Å². The van der Waals surface area contributed by atoms with Crippen LogP contribution in [0.4, 0.5) is 10.1 Å². The van der Waals surface area contributed by atoms with Crippen molar-refractivity contribution in [2.75, 3.05) is 32.1 Å². The minimum Gasteiger partial charge on any atom is -0.387 e. The van der Waals surface area contributed by atoms with Crippen LogP contribution in [0.3, 0.4) is 0 Å². The van der Waals surface area contributed by atoms with Gasteiger partial charge in [-0.25, -0.2) is 9.37 Å². The average molecular weight is 458 g/mol. The number of benzene rings is 2. The van der Waals surface area contributed by atoms with Gasteiger partial charge in [-0.15, -0.1) is 0 Å². The topological polar surface area (TPSA) is 49.5 Å². The van der Waals surface area contributed by atoms with Crippen LogP contribution in [0.2, 0.25) is 0 Å². The van der Waals surface area contributed by atoms with Crippen molar-refractivity contribution in [3.05, 3.63) is 78.5 Å². The van der Waals surface area contributed by atoms with Crippen molar-refractivity contribution in [2.45, 2.75) is 25.1 Å². The lowest BCUT2D eigenvalue weighted by atomic mass is 10.0. The molecule has 1 saturated heterocycles. The highest BCUT2D eigenvalue weighted by Crippen LogP contribution is 2.36. The molecule has 6 rings (SSSR count). The van der Waals surface area contributed by atoms with Gasteiger partial charge in [0.25, 0.3) is 0 Å². The number of halogens is 1. The highest BCUT2D eigenvalue weighted by atomic mass is 19.1. The van der Waals surface area contributed by atoms with Gasteiger partial charge in [0.15, 0.2) is 5.82 Å². The van der Waals surface area contributed by atoms with E-state index in [-0.39, 0.29) is 11.9 Å². The third kappa shape index (κ3) is 3.35. The molecule has 2 aromatic heterocycles. The van der Waals surface area contributed by atoms with E-state index in [4.69, 9.17) is 0 Å². The fourth-order valence-corrected chi connectivity index (χ4v) is 5.51. The summed E-state index contributed by atoms with van der Waals surface area (Å²) in [5, 5.41) is 11.0. The molecular weight excluding hydrogens is 429 g/mol. The normalized spacial score (nSPS) is 21.4. The third-order valence-electron chi connectivity index (χ3n) is 7.22. The van der Waals surface area contributed by atoms with Crippen LogP contribution in [0.5, 0.6) is 0 Å². The second kappa shape index (κ2) is 7.55. The Bertz CT molecular complexity index is 1370. The van der Waals surface area contributed by atoms with Crippen LogP contribution in [0.15, 0.2) is 67.1 Å². The number of nitrogens with zero attached hydrogens (tertiary/aromatic N) is 5. The van der Waals surface area contributed by atoms with Gasteiger partial charge in [-0.2, -0.15) is 0 Å². The monoisotopic (exact) mass is 457 g/mol. The number of rotatable bonds is 3. The first-order valence-electron chi connectivity index (χ1n) is 11.6. The Labute approximate surface area is 198 Å². The van der Waals surface area contributed by atoms with Crippen LogP contribution in [-0.4, -0.2) is 63.0 Å². The summed E-state index contributed by atoms with van der Waals surface area (Å²) in [6.45, 7) is 3.99. The van der Waals surface area contributed by atoms with Crippen molar-refractivity contribution in [1.29, 1.82) is 0 Å². The summed E-state index contributed by atoms with van der Waals surface area (Å²) in [5.41, 5.74) is 5.67. The van der Waals surface area contributed by atoms with Crippen molar-refractivity contribution in [3.63, 3.8) is 0 Å². The lowest BCUT2D eigenvalue weighted by molar-refractivity contribution is 0.0186. The molecule has 1 N–H and O–H groups in total. The molecule has 2 aromatic carbocycles. The number of aromatic nitrogens is 3. The van der Waals surface area contributed by atoms with Gasteiger partial charge >= 0.3 is 0 Å². The molecule has 0 saturated carbocycles. The number of fused-ring (bicyclic) bond motifs is 5. The predicted octanol–water partition coefficient (Wildman–Crippen LogP) is 4.01. The Morgan fingerprint density at radius 2 is 1.88 bits per heavy atom. The van der Waals surface area contributed by atoms with Crippen molar-refractivity contribution in [2.24, 2.45) is 0 Å². The van der Waals surface area contributed by atoms with Crippen molar-refractivity contribution in [3.8, 4) is 28.3 Å². The van der Waals surface area contributed by atoms with Gasteiger partial charge in [0, 0.05) is 49.5 Å². The first-order chi connectivity index (χ1) is 16.3. The summed E-state index contributed by atoms with van der Waals surface area (Å²) < 4.78 is 17.8. The second-order valence-electron chi connectivity index (χ2n) is 9.90. The van der Waals surface area contributed by atoms with Gasteiger partial charge in [-0.05, 0) is 68.5 Å². The summed E-state index contributed by atoms with van der Waals surface area (Å²) >= 11 is 0. The van der Waals surface area contributed by atoms with Gasteiger partial charge in [-0.1, -0.05) is 12.1 Å². The highest BCUT2D eigenvalue weighted by molar-refractivity contribution is 5.72. The quantitative estimate of drug-likeness (QED) is 0.445. The standard InChI is InChI=1S/C27H28FN5O/c1-27(34)17-32(16-25(27)30(2)3)22-8-9-23-20(12-22)15-31-14-19(18-4-6-21(28)7-5-18)13-24(31)26-29-10-11-33(23)26/h4-14,25,34H,15-17H2,1-3H3/t25-,27-/m0/s1. The Kier molecular flexibility index (Phi) is 4.69. The first-order valence-corrected chi connectivity index (χ1v) is 11.6. The molecule has 2 aliphatic heterocycles. The van der Waals surface area contributed by atoms with Crippen LogP contribution >= 0.6 is 0 Å². The zero-order valence-electron chi connectivity index (χ0n) is 19.6. The van der Waals surface area contributed by atoms with Crippen LogP contribution in [-0.2, 0) is 6.54 Å². The van der Waals surface area contributed by atoms with E-state index in [2.05, 4.69) is 54.4 Å². The van der Waals surface area contributed by atoms with Crippen LogP contribution in [0.25, 0.3) is 28.3 Å². The summed E-state index contributed by atoms with van der Waals surface area (Å²) in [6.07, 6.45) is 5.94. The molecule has 1 fully saturated rings. The molecule has 7 heteroatoms. The molecule has 0 bridgehead atoms. The lowest BCUT2D eigenvalue weighted by Crippen LogP contribution is -2.46. The molecular formula is C27H28FN5O. The van der Waals surface area contributed by atoms with Gasteiger partial charge in [0.1, 0.15) is 5.82 Å². The maximum atomic E-state index is 13.4. The van der Waals surface area contributed by atoms with E-state index in [0.29, 0.717) is 13.1 Å². The number of anilines is 1. The van der Waals surface area contributed by atoms with E-state index >= 15 is 0 Å². The van der Waals surface area contributed by atoms with Gasteiger partial charge < -0.3 is 19.5 Å². The van der Waals surface area contributed by atoms with E-state index in [1.165, 1.54) is 17.7 Å². The number of imidazole rings is 1. The summed E-state index contributed by atoms with van der Waals surface area (Å²) in [4.78, 5) is 9.03. The van der Waals surface area contributed by atoms with Crippen LogP contribution in [0.1, 0.15) is 12.5 Å². The van der Waals surface area contributed by atoms with E-state index in [0.717, 1.165) is 40.6 Å². The molecule has 0 unspecified atom stereocenters. The van der Waals surface area contributed by atoms with Crippen molar-refractivity contribution < 1.29 is 9.50 Å². The molecule has 4 aromatic rings. The molecule has 0 amide bonds. The maximum absolute atomic E-state index is 13.4. The number of β-amino-alcohol motifs (C(OH)–C–C–N with tert-alkyl or cyclic N) is 1. The van der Waals surface area contributed by atoms with Gasteiger partial charge in [0.2, 0.25) is 0 Å². The number of hydrogen-bond acceptors (Lipinski definition) is 4. The summed E-state index contributed by atoms with van der Waals surface area (Å²) in [7, 11) is 4.04. The Hall–Kier alpha value is -3.42. The fourth-order valence-electron chi connectivity index (χ4n) is 5.51. The number of aliphatic hydroxyl groups is 1. The highest BCUT2D eigenvalue weighted by Gasteiger charge is 2.43. The smallest absolute Gasteiger partial charge is 0.161 e. The van der Waals surface area contributed by atoms with E-state index < -0.39 is 5.60 Å². The minimum atomic E-state index is -0.772. The SMILES string of the molecule is CN(C)[C@H]1CN(c2ccc3c(c2)Cn2cc(-c4ccc(F)cc4)cc2-c2nccn2-3)C[C@]1(C)O. The van der Waals surface area contributed by atoms with Gasteiger partial charge in [-0.3, -0.25) is 4.57 Å². The Balaban J connectivity index is 1.41. The van der Waals surface area contributed by atoms with E-state index in [1.54, 1.807) is 0 Å². The molecule has 2 aliphatic rings. The zero-order chi connectivity index (χ0) is 23.6. The molecule has 6 nitrogen and oxygen atoms in total. The molecule has 0 aliphatic carbocycles. The lowest BCUT2D eigenvalue weighted by Gasteiger charge is -2.29. The molecule has 174 valence electrons. The largest absolute Gasteiger partial charge is 0.387 e. The molecule has 34 heavy (non-hydrogen) atoms. The predicted molar refractivity (Wildman–Crippen MR) is 132 cm³/mol. The van der Waals surface area contributed by atoms with Crippen LogP contribution < -0.4 is 4.90 Å². The molecule has 0 spiro atoms. The number of hydrogen-bond donors (Lipinski definition) is 1. The summed E-state index contributed by atoms with van der Waals surface area (Å²) in [5.74, 6) is 0.649. The fraction of sp³-hybridized carbons (Fsp3) is 0.296. The van der Waals surface area contributed by atoms with E-state index in [9.17, 15) is 9.50 Å². The van der Waals surface area contributed by atoms with Gasteiger partial charge in [0.05, 0.1) is 23.0 Å². The Morgan fingerprint density at radius 1 is 1.09 bits per heavy atom. The Morgan fingerprint density at radius 3 is 2.62 bits per heavy atom. The average Bonchev–Trinajstić information content (AvgIpc) is 3.49. The second-order valence-corrected chi connectivity index (χ2v) is 9.90. The molecule has 2 atom stereocenters. The third-order valence-corrected chi connectivity index (χ3v) is 7.22. The van der Waals surface area contributed by atoms with Crippen molar-refractivity contribution in [1.82, 2.24) is 19.0 Å². The molecule has 0 radical (unpaired) electrons. The zero-order valence-corrected chi connectivity index (χ0v) is 19.6. The minimum absolute atomic E-state index is 0.0703. The van der Waals surface area contributed by atoms with E-state index in [1.807, 2.05) is 45.5 Å².